The van der Waals surface area contributed by atoms with E-state index in [1.54, 1.807) is 6.07 Å². The molecule has 0 unspecified atom stereocenters. The van der Waals surface area contributed by atoms with Gasteiger partial charge < -0.3 is 13.9 Å². The normalized spacial score (nSPS) is 15.9. The lowest BCUT2D eigenvalue weighted by Gasteiger charge is -2.14. The lowest BCUT2D eigenvalue weighted by molar-refractivity contribution is -0.0448. The van der Waals surface area contributed by atoms with Crippen molar-refractivity contribution in [2.45, 2.75) is 26.1 Å². The highest BCUT2D eigenvalue weighted by Gasteiger charge is 2.22. The van der Waals surface area contributed by atoms with Crippen molar-refractivity contribution in [1.29, 1.82) is 0 Å². The van der Waals surface area contributed by atoms with Gasteiger partial charge in [0.15, 0.2) is 6.29 Å². The van der Waals surface area contributed by atoms with Crippen molar-refractivity contribution in [3.8, 4) is 0 Å². The summed E-state index contributed by atoms with van der Waals surface area (Å²) in [6.45, 7) is 3.13. The summed E-state index contributed by atoms with van der Waals surface area (Å²) in [5.41, 5.74) is 1.72. The Morgan fingerprint density at radius 3 is 2.55 bits per heavy atom. The average molecular weight is 276 g/mol. The van der Waals surface area contributed by atoms with Gasteiger partial charge in [-0.05, 0) is 29.8 Å². The summed E-state index contributed by atoms with van der Waals surface area (Å²) in [4.78, 5) is 0. The number of rotatable bonds is 4. The van der Waals surface area contributed by atoms with Gasteiger partial charge in [0.25, 0.3) is 0 Å². The van der Waals surface area contributed by atoms with Crippen LogP contribution in [0.25, 0.3) is 0 Å². The van der Waals surface area contributed by atoms with E-state index in [4.69, 9.17) is 13.9 Å². The number of benzene rings is 1. The number of hydrogen-bond acceptors (Lipinski definition) is 3. The van der Waals surface area contributed by atoms with Crippen molar-refractivity contribution in [2.24, 2.45) is 0 Å². The number of hydrogen-bond donors (Lipinski definition) is 0. The molecule has 0 radical (unpaired) electrons. The second kappa shape index (κ2) is 5.77. The maximum Gasteiger partial charge on any atom is 0.184 e. The zero-order valence-electron chi connectivity index (χ0n) is 11.4. The Labute approximate surface area is 117 Å². The van der Waals surface area contributed by atoms with Crippen molar-refractivity contribution in [1.82, 2.24) is 0 Å². The van der Waals surface area contributed by atoms with Crippen LogP contribution >= 0.6 is 0 Å². The van der Waals surface area contributed by atoms with E-state index in [0.717, 1.165) is 29.1 Å². The van der Waals surface area contributed by atoms with Crippen molar-refractivity contribution >= 4 is 0 Å². The van der Waals surface area contributed by atoms with Crippen molar-refractivity contribution < 1.29 is 18.3 Å². The first-order valence-corrected chi connectivity index (χ1v) is 6.85. The maximum atomic E-state index is 13.5. The Hall–Kier alpha value is -1.65. The maximum absolute atomic E-state index is 13.5. The van der Waals surface area contributed by atoms with E-state index in [9.17, 15) is 4.39 Å². The van der Waals surface area contributed by atoms with Crippen molar-refractivity contribution in [2.75, 3.05) is 13.2 Å². The molecule has 2 aromatic rings. The Bertz CT molecular complexity index is 585. The summed E-state index contributed by atoms with van der Waals surface area (Å²) in [6, 6.07) is 8.64. The largest absolute Gasteiger partial charge is 0.466 e. The van der Waals surface area contributed by atoms with Crippen LogP contribution in [0.1, 0.15) is 35.9 Å². The molecule has 2 heterocycles. The third-order valence-electron chi connectivity index (χ3n) is 3.41. The highest BCUT2D eigenvalue weighted by Crippen LogP contribution is 2.29. The number of furan rings is 1. The van der Waals surface area contributed by atoms with Gasteiger partial charge in [-0.25, -0.2) is 4.39 Å². The topological polar surface area (TPSA) is 31.6 Å². The zero-order chi connectivity index (χ0) is 13.9. The first-order chi connectivity index (χ1) is 9.76. The van der Waals surface area contributed by atoms with Crippen LogP contribution in [0.15, 0.2) is 34.7 Å². The van der Waals surface area contributed by atoms with Crippen molar-refractivity contribution in [3.63, 3.8) is 0 Å². The molecule has 1 fully saturated rings. The second-order valence-corrected chi connectivity index (χ2v) is 4.81. The van der Waals surface area contributed by atoms with Gasteiger partial charge in [-0.1, -0.05) is 13.0 Å². The molecule has 0 spiro atoms. The number of ether oxygens (including phenoxy) is 2. The molecule has 4 heteroatoms. The fourth-order valence-electron chi connectivity index (χ4n) is 2.38. The molecular weight excluding hydrogens is 259 g/mol. The third-order valence-corrected chi connectivity index (χ3v) is 3.41. The molecule has 0 aliphatic carbocycles. The monoisotopic (exact) mass is 276 g/mol. The predicted molar refractivity (Wildman–Crippen MR) is 71.9 cm³/mol. The molecule has 0 N–H and O–H groups in total. The third kappa shape index (κ3) is 2.76. The Balaban J connectivity index is 1.87. The van der Waals surface area contributed by atoms with E-state index in [0.29, 0.717) is 19.6 Å². The van der Waals surface area contributed by atoms with Crippen LogP contribution in [0.4, 0.5) is 4.39 Å². The minimum absolute atomic E-state index is 0.281. The quantitative estimate of drug-likeness (QED) is 0.854. The van der Waals surface area contributed by atoms with Gasteiger partial charge in [-0.3, -0.25) is 0 Å². The first-order valence-electron chi connectivity index (χ1n) is 6.85. The van der Waals surface area contributed by atoms with E-state index in [1.807, 2.05) is 19.1 Å². The molecular formula is C16H17FO3. The van der Waals surface area contributed by atoms with E-state index in [2.05, 4.69) is 0 Å². The van der Waals surface area contributed by atoms with E-state index < -0.39 is 6.29 Å². The van der Waals surface area contributed by atoms with Gasteiger partial charge >= 0.3 is 0 Å². The minimum atomic E-state index is -0.471. The summed E-state index contributed by atoms with van der Waals surface area (Å²) in [6.07, 6.45) is 1.01. The highest BCUT2D eigenvalue weighted by atomic mass is 19.1. The highest BCUT2D eigenvalue weighted by molar-refractivity contribution is 5.32. The SMILES string of the molecule is CCc1ccc(Cc2ccc(F)cc2C2OCCO2)o1. The zero-order valence-corrected chi connectivity index (χ0v) is 11.4. The molecule has 0 saturated carbocycles. The Kier molecular flexibility index (Phi) is 3.85. The van der Waals surface area contributed by atoms with Crippen LogP contribution < -0.4 is 0 Å². The van der Waals surface area contributed by atoms with Gasteiger partial charge in [0.1, 0.15) is 17.3 Å². The molecule has 20 heavy (non-hydrogen) atoms. The Morgan fingerprint density at radius 1 is 1.10 bits per heavy atom. The summed E-state index contributed by atoms with van der Waals surface area (Å²) in [5.74, 6) is 1.54. The van der Waals surface area contributed by atoms with Gasteiger partial charge in [0, 0.05) is 18.4 Å². The van der Waals surface area contributed by atoms with Gasteiger partial charge in [0.05, 0.1) is 13.2 Å². The smallest absolute Gasteiger partial charge is 0.184 e. The van der Waals surface area contributed by atoms with Crippen LogP contribution in [0.5, 0.6) is 0 Å². The fourth-order valence-corrected chi connectivity index (χ4v) is 2.38. The standard InChI is InChI=1S/C16H17FO3/c1-2-13-5-6-14(20-13)9-11-3-4-12(17)10-15(11)16-18-7-8-19-16/h3-6,10,16H,2,7-9H2,1H3. The molecule has 3 rings (SSSR count). The van der Waals surface area contributed by atoms with Gasteiger partial charge in [-0.2, -0.15) is 0 Å². The summed E-state index contributed by atoms with van der Waals surface area (Å²) in [5, 5.41) is 0. The fraction of sp³-hybridized carbons (Fsp3) is 0.375. The molecule has 1 aromatic carbocycles. The van der Waals surface area contributed by atoms with Crippen LogP contribution in [0, 0.1) is 5.82 Å². The molecule has 106 valence electrons. The number of halogens is 1. The lowest BCUT2D eigenvalue weighted by Crippen LogP contribution is -2.04. The number of aryl methyl sites for hydroxylation is 1. The van der Waals surface area contributed by atoms with Crippen LogP contribution in [0.2, 0.25) is 0 Å². The van der Waals surface area contributed by atoms with E-state index in [-0.39, 0.29) is 5.82 Å². The van der Waals surface area contributed by atoms with Gasteiger partial charge in [0.2, 0.25) is 0 Å². The molecule has 0 amide bonds. The van der Waals surface area contributed by atoms with Crippen LogP contribution in [-0.4, -0.2) is 13.2 Å². The molecule has 1 aliphatic heterocycles. The Morgan fingerprint density at radius 2 is 1.85 bits per heavy atom. The van der Waals surface area contributed by atoms with E-state index in [1.165, 1.54) is 12.1 Å². The second-order valence-electron chi connectivity index (χ2n) is 4.81. The first kappa shape index (κ1) is 13.3. The van der Waals surface area contributed by atoms with Crippen molar-refractivity contribution in [3.05, 3.63) is 58.8 Å². The minimum Gasteiger partial charge on any atom is -0.466 e. The lowest BCUT2D eigenvalue weighted by atomic mass is 10.0. The molecule has 0 atom stereocenters. The molecule has 1 aliphatic rings. The molecule has 1 saturated heterocycles. The molecule has 1 aromatic heterocycles. The van der Waals surface area contributed by atoms with Gasteiger partial charge in [-0.15, -0.1) is 0 Å². The summed E-state index contributed by atoms with van der Waals surface area (Å²) < 4.78 is 30.1. The van der Waals surface area contributed by atoms with Crippen LogP contribution in [-0.2, 0) is 22.3 Å². The average Bonchev–Trinajstić information content (AvgIpc) is 3.11. The molecule has 3 nitrogen and oxygen atoms in total. The van der Waals surface area contributed by atoms with E-state index >= 15 is 0 Å². The predicted octanol–water partition coefficient (Wildman–Crippen LogP) is 3.62. The summed E-state index contributed by atoms with van der Waals surface area (Å²) >= 11 is 0. The molecule has 0 bridgehead atoms. The van der Waals surface area contributed by atoms with Crippen LogP contribution in [0.3, 0.4) is 0 Å². The summed E-state index contributed by atoms with van der Waals surface area (Å²) in [7, 11) is 0.